The van der Waals surface area contributed by atoms with Gasteiger partial charge in [0.2, 0.25) is 5.82 Å². The predicted octanol–water partition coefficient (Wildman–Crippen LogP) is 2.62. The molecule has 1 fully saturated rings. The summed E-state index contributed by atoms with van der Waals surface area (Å²) in [6.07, 6.45) is 5.54. The maximum atomic E-state index is 8.94. The largest absolute Gasteiger partial charge is 0.294 e. The van der Waals surface area contributed by atoms with Crippen LogP contribution in [0.3, 0.4) is 0 Å². The molecule has 1 aromatic rings. The molecule has 1 aliphatic carbocycles. The van der Waals surface area contributed by atoms with E-state index in [0.717, 1.165) is 11.5 Å². The summed E-state index contributed by atoms with van der Waals surface area (Å²) in [6, 6.07) is 6.10. The number of aromatic nitrogens is 1. The first-order valence-corrected chi connectivity index (χ1v) is 7.43. The second-order valence-corrected chi connectivity index (χ2v) is 5.92. The molecule has 1 aliphatic rings. The van der Waals surface area contributed by atoms with Crippen molar-refractivity contribution < 1.29 is 5.32 Å². The maximum absolute atomic E-state index is 8.94. The van der Waals surface area contributed by atoms with E-state index in [4.69, 9.17) is 22.3 Å². The van der Waals surface area contributed by atoms with Crippen molar-refractivity contribution in [1.29, 1.82) is 10.7 Å². The lowest BCUT2D eigenvalue weighted by molar-refractivity contribution is -0.621. The number of rotatable bonds is 5. The lowest BCUT2D eigenvalue weighted by Gasteiger charge is -2.20. The number of hydrogen-bond acceptors (Lipinski definition) is 3. The van der Waals surface area contributed by atoms with Gasteiger partial charge in [-0.3, -0.25) is 10.7 Å². The molecular weight excluding hydrogens is 272 g/mol. The molecule has 106 valence electrons. The van der Waals surface area contributed by atoms with Crippen LogP contribution in [0.1, 0.15) is 43.4 Å². The van der Waals surface area contributed by atoms with Crippen LogP contribution >= 0.6 is 11.6 Å². The molecule has 1 atom stereocenters. The lowest BCUT2D eigenvalue weighted by atomic mass is 9.95. The van der Waals surface area contributed by atoms with Gasteiger partial charge in [0, 0.05) is 12.0 Å². The molecule has 0 bridgehead atoms. The fourth-order valence-electron chi connectivity index (χ4n) is 2.96. The Bertz CT molecular complexity index is 529. The van der Waals surface area contributed by atoms with Crippen LogP contribution in [-0.2, 0) is 0 Å². The molecule has 4 nitrogen and oxygen atoms in total. The first-order valence-electron chi connectivity index (χ1n) is 7.05. The smallest absolute Gasteiger partial charge is 0.224 e. The quantitative estimate of drug-likeness (QED) is 0.818. The molecular formula is C15H20ClN4+. The first-order chi connectivity index (χ1) is 9.60. The Morgan fingerprint density at radius 1 is 1.55 bits per heavy atom. The average Bonchev–Trinajstić information content (AvgIpc) is 2.91. The van der Waals surface area contributed by atoms with Crippen molar-refractivity contribution in [2.75, 3.05) is 0 Å². The number of nitrogens with two attached hydrogens (primary N) is 1. The Hall–Kier alpha value is -1.44. The van der Waals surface area contributed by atoms with Gasteiger partial charge in [-0.05, 0) is 25.8 Å². The summed E-state index contributed by atoms with van der Waals surface area (Å²) in [4.78, 5) is 4.47. The van der Waals surface area contributed by atoms with E-state index in [1.807, 2.05) is 19.1 Å². The Morgan fingerprint density at radius 2 is 2.25 bits per heavy atom. The zero-order valence-corrected chi connectivity index (χ0v) is 12.5. The van der Waals surface area contributed by atoms with Gasteiger partial charge in [0.15, 0.2) is 0 Å². The van der Waals surface area contributed by atoms with Gasteiger partial charge in [-0.2, -0.15) is 5.26 Å². The van der Waals surface area contributed by atoms with E-state index < -0.39 is 0 Å². The van der Waals surface area contributed by atoms with Crippen LogP contribution in [0.2, 0.25) is 0 Å². The molecule has 2 rings (SSSR count). The van der Waals surface area contributed by atoms with Crippen molar-refractivity contribution >= 4 is 22.6 Å². The SMILES string of the molecule is Cc1nc([NH2+][C@H](CC(=N)Cl)C2CCCC2)ccc1C#N. The van der Waals surface area contributed by atoms with Gasteiger partial charge >= 0.3 is 0 Å². The van der Waals surface area contributed by atoms with Crippen LogP contribution in [-0.4, -0.2) is 16.2 Å². The van der Waals surface area contributed by atoms with E-state index in [0.29, 0.717) is 17.9 Å². The molecule has 20 heavy (non-hydrogen) atoms. The molecule has 0 aromatic carbocycles. The minimum Gasteiger partial charge on any atom is -0.294 e. The molecule has 0 saturated heterocycles. The van der Waals surface area contributed by atoms with E-state index >= 15 is 0 Å². The van der Waals surface area contributed by atoms with Crippen LogP contribution in [0.15, 0.2) is 12.1 Å². The van der Waals surface area contributed by atoms with E-state index in [-0.39, 0.29) is 11.2 Å². The summed E-state index contributed by atoms with van der Waals surface area (Å²) in [5, 5.41) is 18.8. The second-order valence-electron chi connectivity index (χ2n) is 5.46. The third-order valence-electron chi connectivity index (χ3n) is 4.03. The summed E-state index contributed by atoms with van der Waals surface area (Å²) >= 11 is 5.80. The standard InChI is InChI=1S/C15H19ClN4/c1-10-12(9-17)6-7-15(19-10)20-13(8-14(16)18)11-4-2-3-5-11/h6-7,11,13,18H,2-5,8H2,1H3,(H,19,20)/p+1/t13-/m1/s1. The van der Waals surface area contributed by atoms with E-state index in [2.05, 4.69) is 16.4 Å². The van der Waals surface area contributed by atoms with Crippen LogP contribution in [0, 0.1) is 29.6 Å². The van der Waals surface area contributed by atoms with Gasteiger partial charge in [-0.1, -0.05) is 24.4 Å². The van der Waals surface area contributed by atoms with E-state index in [1.54, 1.807) is 0 Å². The second kappa shape index (κ2) is 6.83. The Labute approximate surface area is 124 Å². The van der Waals surface area contributed by atoms with Crippen molar-refractivity contribution in [3.8, 4) is 6.07 Å². The molecule has 0 amide bonds. The number of nitrogens with one attached hydrogen (secondary N) is 1. The molecule has 0 radical (unpaired) electrons. The Morgan fingerprint density at radius 3 is 2.80 bits per heavy atom. The molecule has 0 unspecified atom stereocenters. The van der Waals surface area contributed by atoms with Gasteiger partial charge in [0.05, 0.1) is 17.7 Å². The number of halogens is 1. The van der Waals surface area contributed by atoms with Gasteiger partial charge in [0.25, 0.3) is 0 Å². The molecule has 0 spiro atoms. The van der Waals surface area contributed by atoms with Crippen molar-refractivity contribution in [2.45, 2.75) is 45.1 Å². The molecule has 1 saturated carbocycles. The summed E-state index contributed by atoms with van der Waals surface area (Å²) in [5.74, 6) is 1.49. The van der Waals surface area contributed by atoms with Crippen LogP contribution in [0.25, 0.3) is 0 Å². The lowest BCUT2D eigenvalue weighted by Crippen LogP contribution is -2.86. The zero-order chi connectivity index (χ0) is 14.5. The normalized spacial score (nSPS) is 16.9. The summed E-state index contributed by atoms with van der Waals surface area (Å²) in [7, 11) is 0. The average molecular weight is 292 g/mol. The highest BCUT2D eigenvalue weighted by atomic mass is 35.5. The number of quaternary nitrogens is 1. The minimum absolute atomic E-state index is 0.212. The molecule has 1 aromatic heterocycles. The topological polar surface area (TPSA) is 77.1 Å². The number of pyridine rings is 1. The fraction of sp³-hybridized carbons (Fsp3) is 0.533. The molecule has 5 heteroatoms. The highest BCUT2D eigenvalue weighted by Crippen LogP contribution is 2.28. The Balaban J connectivity index is 2.12. The van der Waals surface area contributed by atoms with Crippen molar-refractivity contribution in [1.82, 2.24) is 4.98 Å². The van der Waals surface area contributed by atoms with E-state index in [9.17, 15) is 0 Å². The number of hydrogen-bond donors (Lipinski definition) is 2. The highest BCUT2D eigenvalue weighted by Gasteiger charge is 2.29. The third kappa shape index (κ3) is 3.78. The van der Waals surface area contributed by atoms with E-state index in [1.165, 1.54) is 25.7 Å². The zero-order valence-electron chi connectivity index (χ0n) is 11.7. The van der Waals surface area contributed by atoms with Crippen LogP contribution in [0.4, 0.5) is 5.82 Å². The summed E-state index contributed by atoms with van der Waals surface area (Å²) in [5.41, 5.74) is 1.37. The maximum Gasteiger partial charge on any atom is 0.224 e. The van der Waals surface area contributed by atoms with Crippen LogP contribution in [0.5, 0.6) is 0 Å². The third-order valence-corrected chi connectivity index (χ3v) is 4.19. The van der Waals surface area contributed by atoms with Gasteiger partial charge in [-0.25, -0.2) is 4.98 Å². The van der Waals surface area contributed by atoms with Crippen molar-refractivity contribution in [3.63, 3.8) is 0 Å². The highest BCUT2D eigenvalue weighted by molar-refractivity contribution is 6.64. The molecule has 1 heterocycles. The van der Waals surface area contributed by atoms with Crippen molar-refractivity contribution in [3.05, 3.63) is 23.4 Å². The molecule has 0 aliphatic heterocycles. The summed E-state index contributed by atoms with van der Waals surface area (Å²) < 4.78 is 0. The minimum atomic E-state index is 0.212. The summed E-state index contributed by atoms with van der Waals surface area (Å²) in [6.45, 7) is 1.85. The Kier molecular flexibility index (Phi) is 5.11. The number of nitriles is 1. The number of aryl methyl sites for hydroxylation is 1. The first kappa shape index (κ1) is 15.0. The van der Waals surface area contributed by atoms with Crippen molar-refractivity contribution in [2.24, 2.45) is 5.92 Å². The molecule has 3 N–H and O–H groups in total. The monoisotopic (exact) mass is 291 g/mol. The predicted molar refractivity (Wildman–Crippen MR) is 79.2 cm³/mol. The van der Waals surface area contributed by atoms with Gasteiger partial charge < -0.3 is 0 Å². The van der Waals surface area contributed by atoms with Crippen LogP contribution < -0.4 is 5.32 Å². The number of nitrogens with zero attached hydrogens (tertiary/aromatic N) is 2. The van der Waals surface area contributed by atoms with Gasteiger partial charge in [-0.15, -0.1) is 0 Å². The van der Waals surface area contributed by atoms with Gasteiger partial charge in [0.1, 0.15) is 17.3 Å². The fourth-order valence-corrected chi connectivity index (χ4v) is 3.14.